The van der Waals surface area contributed by atoms with Crippen molar-refractivity contribution >= 4 is 18.0 Å². The first-order valence-corrected chi connectivity index (χ1v) is 11.7. The third kappa shape index (κ3) is 4.99. The first-order valence-electron chi connectivity index (χ1n) is 11.7. The number of nitrogens with one attached hydrogen (secondary N) is 2. The number of carboxylic acid groups (broad SMARTS) is 1. The molecular weight excluding hydrogens is 458 g/mol. The van der Waals surface area contributed by atoms with Gasteiger partial charge in [0.25, 0.3) is 0 Å². The summed E-state index contributed by atoms with van der Waals surface area (Å²) in [5, 5.41) is 13.3. The van der Waals surface area contributed by atoms with Crippen molar-refractivity contribution in [1.29, 1.82) is 0 Å². The van der Waals surface area contributed by atoms with Crippen molar-refractivity contribution in [2.24, 2.45) is 5.92 Å². The van der Waals surface area contributed by atoms with Crippen LogP contribution < -0.4 is 10.6 Å². The number of alkyl halides is 2. The van der Waals surface area contributed by atoms with Gasteiger partial charge >= 0.3 is 18.0 Å². The maximum atomic E-state index is 13.5. The number of ether oxygens (including phenoxy) is 1. The number of fused-ring (bicyclic) bond motifs is 3. The lowest BCUT2D eigenvalue weighted by molar-refractivity contribution is -0.164. The SMILES string of the molecule is CC1CCCC(NC(=O)OCC2c3ccccc3-c3ccccc32)(C(=O)NCC(F)(F)C(=O)O)C1. The monoisotopic (exact) mass is 486 g/mol. The fourth-order valence-electron chi connectivity index (χ4n) is 5.19. The van der Waals surface area contributed by atoms with Crippen molar-refractivity contribution in [1.82, 2.24) is 10.6 Å². The van der Waals surface area contributed by atoms with Crippen molar-refractivity contribution in [3.05, 3.63) is 59.7 Å². The van der Waals surface area contributed by atoms with E-state index in [-0.39, 0.29) is 31.3 Å². The zero-order valence-corrected chi connectivity index (χ0v) is 19.4. The van der Waals surface area contributed by atoms with Gasteiger partial charge in [-0.2, -0.15) is 8.78 Å². The quantitative estimate of drug-likeness (QED) is 0.541. The Morgan fingerprint density at radius 1 is 1.09 bits per heavy atom. The number of halogens is 2. The zero-order valence-electron chi connectivity index (χ0n) is 19.4. The molecule has 0 radical (unpaired) electrons. The van der Waals surface area contributed by atoms with E-state index >= 15 is 0 Å². The summed E-state index contributed by atoms with van der Waals surface area (Å²) >= 11 is 0. The fourth-order valence-corrected chi connectivity index (χ4v) is 5.19. The van der Waals surface area contributed by atoms with Crippen LogP contribution in [-0.2, 0) is 14.3 Å². The van der Waals surface area contributed by atoms with E-state index in [1.165, 1.54) is 0 Å². The van der Waals surface area contributed by atoms with Crippen LogP contribution in [0, 0.1) is 5.92 Å². The number of rotatable bonds is 7. The Hall–Kier alpha value is -3.49. The van der Waals surface area contributed by atoms with Crippen LogP contribution in [0.15, 0.2) is 48.5 Å². The van der Waals surface area contributed by atoms with Crippen LogP contribution in [-0.4, -0.2) is 47.7 Å². The predicted octanol–water partition coefficient (Wildman–Crippen LogP) is 4.31. The van der Waals surface area contributed by atoms with Gasteiger partial charge in [0.2, 0.25) is 5.91 Å². The highest BCUT2D eigenvalue weighted by atomic mass is 19.3. The molecule has 2 atom stereocenters. The van der Waals surface area contributed by atoms with Gasteiger partial charge in [0.15, 0.2) is 0 Å². The average molecular weight is 487 g/mol. The molecular formula is C26H28F2N2O5. The van der Waals surface area contributed by atoms with Gasteiger partial charge in [0.05, 0.1) is 6.54 Å². The van der Waals surface area contributed by atoms with E-state index in [0.29, 0.717) is 6.42 Å². The number of alkyl carbamates (subject to hydrolysis) is 1. The van der Waals surface area contributed by atoms with E-state index in [2.05, 4.69) is 5.32 Å². The number of carboxylic acids is 1. The van der Waals surface area contributed by atoms with E-state index in [1.54, 1.807) is 0 Å². The Morgan fingerprint density at radius 2 is 1.69 bits per heavy atom. The topological polar surface area (TPSA) is 105 Å². The molecule has 0 aromatic heterocycles. The first-order chi connectivity index (χ1) is 16.6. The van der Waals surface area contributed by atoms with E-state index in [1.807, 2.05) is 60.8 Å². The molecule has 0 spiro atoms. The van der Waals surface area contributed by atoms with Crippen LogP contribution in [0.2, 0.25) is 0 Å². The second-order valence-electron chi connectivity index (χ2n) is 9.43. The Balaban J connectivity index is 1.46. The van der Waals surface area contributed by atoms with E-state index < -0.39 is 36.0 Å². The van der Waals surface area contributed by atoms with Crippen molar-refractivity contribution in [3.63, 3.8) is 0 Å². The number of hydrogen-bond acceptors (Lipinski definition) is 4. The summed E-state index contributed by atoms with van der Waals surface area (Å²) in [4.78, 5) is 36.5. The van der Waals surface area contributed by atoms with Gasteiger partial charge in [-0.1, -0.05) is 68.3 Å². The molecule has 0 bridgehead atoms. The standard InChI is InChI=1S/C26H28F2N2O5/c1-16-7-6-12-25(13-16,22(31)29-15-26(27,28)23(32)33)30-24(34)35-14-21-19-10-4-2-8-17(19)18-9-3-5-11-20(18)21/h2-5,8-11,16,21H,6-7,12-15H2,1H3,(H,29,31)(H,30,34)(H,32,33). The molecule has 1 saturated carbocycles. The minimum atomic E-state index is -4.11. The molecule has 2 unspecified atom stereocenters. The smallest absolute Gasteiger partial charge is 0.408 e. The Kier molecular flexibility index (Phi) is 6.78. The molecule has 9 heteroatoms. The molecule has 0 aliphatic heterocycles. The fraction of sp³-hybridized carbons (Fsp3) is 0.423. The molecule has 7 nitrogen and oxygen atoms in total. The Bertz CT molecular complexity index is 1090. The summed E-state index contributed by atoms with van der Waals surface area (Å²) in [6.07, 6.45) is 1.09. The molecule has 4 rings (SSSR count). The lowest BCUT2D eigenvalue weighted by Gasteiger charge is -2.39. The summed E-state index contributed by atoms with van der Waals surface area (Å²) in [7, 11) is 0. The van der Waals surface area contributed by atoms with Gasteiger partial charge in [-0.05, 0) is 41.0 Å². The van der Waals surface area contributed by atoms with Crippen LogP contribution in [0.3, 0.4) is 0 Å². The molecule has 35 heavy (non-hydrogen) atoms. The zero-order chi connectivity index (χ0) is 25.2. The number of amides is 2. The lowest BCUT2D eigenvalue weighted by Crippen LogP contribution is -2.62. The highest BCUT2D eigenvalue weighted by molar-refractivity contribution is 5.90. The molecule has 2 aliphatic rings. The molecule has 0 saturated heterocycles. The van der Waals surface area contributed by atoms with Crippen molar-refractivity contribution in [2.45, 2.75) is 50.0 Å². The maximum Gasteiger partial charge on any atom is 0.408 e. The number of hydrogen-bond donors (Lipinski definition) is 3. The Morgan fingerprint density at radius 3 is 2.26 bits per heavy atom. The predicted molar refractivity (Wildman–Crippen MR) is 124 cm³/mol. The molecule has 2 aliphatic carbocycles. The third-order valence-electron chi connectivity index (χ3n) is 6.90. The normalized spacial score (nSPS) is 21.5. The van der Waals surface area contributed by atoms with Gasteiger partial charge < -0.3 is 20.5 Å². The van der Waals surface area contributed by atoms with E-state index in [4.69, 9.17) is 9.84 Å². The summed E-state index contributed by atoms with van der Waals surface area (Å²) in [6, 6.07) is 15.8. The lowest BCUT2D eigenvalue weighted by atomic mass is 9.75. The minimum Gasteiger partial charge on any atom is -0.477 e. The summed E-state index contributed by atoms with van der Waals surface area (Å²) in [6.45, 7) is 0.598. The number of aliphatic carboxylic acids is 1. The maximum absolute atomic E-state index is 13.5. The van der Waals surface area contributed by atoms with Crippen LogP contribution >= 0.6 is 0 Å². The highest BCUT2D eigenvalue weighted by Crippen LogP contribution is 2.44. The van der Waals surface area contributed by atoms with Crippen LogP contribution in [0.5, 0.6) is 0 Å². The van der Waals surface area contributed by atoms with Gasteiger partial charge in [-0.15, -0.1) is 0 Å². The molecule has 2 amide bonds. The Labute approximate surface area is 201 Å². The number of carbonyl (C=O) groups is 3. The van der Waals surface area contributed by atoms with E-state index in [9.17, 15) is 23.2 Å². The highest BCUT2D eigenvalue weighted by Gasteiger charge is 2.46. The van der Waals surface area contributed by atoms with E-state index in [0.717, 1.165) is 28.7 Å². The molecule has 1 fully saturated rings. The van der Waals surface area contributed by atoms with Crippen LogP contribution in [0.1, 0.15) is 49.7 Å². The summed E-state index contributed by atoms with van der Waals surface area (Å²) < 4.78 is 32.7. The number of benzene rings is 2. The number of carbonyl (C=O) groups excluding carboxylic acids is 2. The summed E-state index contributed by atoms with van der Waals surface area (Å²) in [5.41, 5.74) is 2.78. The molecule has 0 heterocycles. The molecule has 186 valence electrons. The van der Waals surface area contributed by atoms with Gasteiger partial charge in [-0.25, -0.2) is 9.59 Å². The van der Waals surface area contributed by atoms with Crippen LogP contribution in [0.4, 0.5) is 13.6 Å². The summed E-state index contributed by atoms with van der Waals surface area (Å²) in [5.74, 6) is -7.38. The van der Waals surface area contributed by atoms with Gasteiger partial charge in [0.1, 0.15) is 12.1 Å². The second-order valence-corrected chi connectivity index (χ2v) is 9.43. The molecule has 3 N–H and O–H groups in total. The van der Waals surface area contributed by atoms with Crippen LogP contribution in [0.25, 0.3) is 11.1 Å². The van der Waals surface area contributed by atoms with Crippen molar-refractivity contribution < 1.29 is 33.0 Å². The first kappa shape index (κ1) is 24.6. The average Bonchev–Trinajstić information content (AvgIpc) is 3.15. The van der Waals surface area contributed by atoms with Gasteiger partial charge in [-0.3, -0.25) is 4.79 Å². The van der Waals surface area contributed by atoms with Gasteiger partial charge in [0, 0.05) is 5.92 Å². The molecule has 2 aromatic carbocycles. The van der Waals surface area contributed by atoms with Crippen molar-refractivity contribution in [3.8, 4) is 11.1 Å². The molecule has 2 aromatic rings. The minimum absolute atomic E-state index is 0.0458. The largest absolute Gasteiger partial charge is 0.477 e. The third-order valence-corrected chi connectivity index (χ3v) is 6.90. The second kappa shape index (κ2) is 9.64. The van der Waals surface area contributed by atoms with Crippen molar-refractivity contribution in [2.75, 3.05) is 13.2 Å².